The molecule has 8 aromatic carbocycles. The van der Waals surface area contributed by atoms with E-state index >= 15 is 0 Å². The number of rotatable bonds is 8. The molecule has 7 aromatic heterocycles. The maximum atomic E-state index is 10.0. The van der Waals surface area contributed by atoms with E-state index in [-0.39, 0.29) is 0 Å². The molecule has 7 heterocycles. The summed E-state index contributed by atoms with van der Waals surface area (Å²) >= 11 is 0. The second kappa shape index (κ2) is 18.2. The first-order valence-electron chi connectivity index (χ1n) is 25.9. The van der Waals surface area contributed by atoms with Crippen molar-refractivity contribution in [1.29, 1.82) is 10.5 Å². The van der Waals surface area contributed by atoms with Crippen LogP contribution in [0.4, 0.5) is 0 Å². The van der Waals surface area contributed by atoms with Gasteiger partial charge in [0.2, 0.25) is 0 Å². The molecule has 0 aliphatic rings. The molecule has 0 fully saturated rings. The minimum absolute atomic E-state index is 0.543. The van der Waals surface area contributed by atoms with Gasteiger partial charge in [-0.1, -0.05) is 133 Å². The van der Waals surface area contributed by atoms with E-state index in [0.717, 1.165) is 128 Å². The molecule has 366 valence electrons. The minimum Gasteiger partial charge on any atom is -0.309 e. The predicted molar refractivity (Wildman–Crippen MR) is 315 cm³/mol. The zero-order valence-corrected chi connectivity index (χ0v) is 42.1. The number of para-hydroxylation sites is 2. The van der Waals surface area contributed by atoms with Gasteiger partial charge in [-0.2, -0.15) is 10.5 Å². The highest BCUT2D eigenvalue weighted by atomic mass is 15.1. The molecule has 0 atom stereocenters. The highest BCUT2D eigenvalue weighted by Gasteiger charge is 2.28. The molecule has 0 aliphatic heterocycles. The summed E-state index contributed by atoms with van der Waals surface area (Å²) in [5, 5.41) is 23.8. The maximum absolute atomic E-state index is 10.0. The molecular weight excluding hydrogens is 969 g/mol. The van der Waals surface area contributed by atoms with Gasteiger partial charge in [0, 0.05) is 67.4 Å². The van der Waals surface area contributed by atoms with Gasteiger partial charge < -0.3 is 9.13 Å². The van der Waals surface area contributed by atoms with Crippen molar-refractivity contribution in [3.63, 3.8) is 0 Å². The molecule has 0 bridgehead atoms. The number of nitrogens with zero attached hydrogens (tertiary/aromatic N) is 10. The van der Waals surface area contributed by atoms with E-state index < -0.39 is 0 Å². The Morgan fingerprint density at radius 2 is 0.848 bits per heavy atom. The van der Waals surface area contributed by atoms with Gasteiger partial charge >= 0.3 is 0 Å². The lowest BCUT2D eigenvalue weighted by Gasteiger charge is -2.23. The Morgan fingerprint density at radius 1 is 0.329 bits per heavy atom. The van der Waals surface area contributed by atoms with E-state index in [1.165, 1.54) is 0 Å². The van der Waals surface area contributed by atoms with Crippen LogP contribution >= 0.6 is 0 Å². The van der Waals surface area contributed by atoms with Crippen molar-refractivity contribution in [2.45, 2.75) is 0 Å². The summed E-state index contributed by atoms with van der Waals surface area (Å²) in [6, 6.07) is 82.9. The van der Waals surface area contributed by atoms with E-state index in [1.54, 1.807) is 0 Å². The third kappa shape index (κ3) is 7.28. The van der Waals surface area contributed by atoms with Crippen molar-refractivity contribution in [3.8, 4) is 85.6 Å². The van der Waals surface area contributed by atoms with Crippen LogP contribution in [-0.2, 0) is 0 Å². The monoisotopic (exact) mass is 1010 g/mol. The van der Waals surface area contributed by atoms with Gasteiger partial charge in [0.25, 0.3) is 0 Å². The zero-order valence-electron chi connectivity index (χ0n) is 42.1. The molecule has 10 heteroatoms. The molecular formula is C69H40N10. The largest absolute Gasteiger partial charge is 0.309 e. The molecule has 10 nitrogen and oxygen atoms in total. The van der Waals surface area contributed by atoms with Crippen LogP contribution in [0.25, 0.3) is 139 Å². The predicted octanol–water partition coefficient (Wildman–Crippen LogP) is 16.0. The summed E-state index contributed by atoms with van der Waals surface area (Å²) in [7, 11) is 0. The van der Waals surface area contributed by atoms with Gasteiger partial charge in [0.15, 0.2) is 11.6 Å². The van der Waals surface area contributed by atoms with Gasteiger partial charge in [0.05, 0.1) is 90.2 Å². The Hall–Kier alpha value is -11.3. The van der Waals surface area contributed by atoms with Crippen molar-refractivity contribution >= 4 is 65.7 Å². The van der Waals surface area contributed by atoms with Crippen molar-refractivity contribution < 1.29 is 0 Å². The smallest absolute Gasteiger partial charge is 0.163 e. The number of hydrogen-bond acceptors (Lipinski definition) is 7. The summed E-state index contributed by atoms with van der Waals surface area (Å²) in [6.45, 7) is 0. The molecule has 15 rings (SSSR count). The van der Waals surface area contributed by atoms with Gasteiger partial charge in [-0.25, -0.2) is 15.0 Å². The summed E-state index contributed by atoms with van der Waals surface area (Å²) in [5.41, 5.74) is 17.8. The first-order chi connectivity index (χ1) is 39.1. The van der Waals surface area contributed by atoms with Crippen molar-refractivity contribution in [2.75, 3.05) is 0 Å². The molecule has 0 amide bonds. The van der Waals surface area contributed by atoms with E-state index in [4.69, 9.17) is 24.9 Å². The van der Waals surface area contributed by atoms with Crippen LogP contribution < -0.4 is 0 Å². The second-order valence-electron chi connectivity index (χ2n) is 19.5. The third-order valence-corrected chi connectivity index (χ3v) is 15.0. The number of aromatic nitrogens is 8. The van der Waals surface area contributed by atoms with Gasteiger partial charge in [-0.3, -0.25) is 14.5 Å². The number of nitriles is 2. The van der Waals surface area contributed by atoms with Crippen molar-refractivity contribution in [3.05, 3.63) is 254 Å². The highest BCUT2D eigenvalue weighted by Crippen LogP contribution is 2.46. The molecule has 79 heavy (non-hydrogen) atoms. The van der Waals surface area contributed by atoms with Crippen LogP contribution in [0.15, 0.2) is 243 Å². The summed E-state index contributed by atoms with van der Waals surface area (Å²) < 4.78 is 6.80. The standard InChI is InChI=1S/C69H40N10/c70-41-43-30-32-61-53(36-43)54-37-44(42-71)31-33-62(54)77(61)48-21-13-20-47(38-48)56-39-55(49-22-7-8-23-50(49)58-40-57(45-16-3-1-4-17-45)74-68(75-58)46-18-5-2-6-19-46)67(78-59-26-11-9-24-51(59)65-63(78)28-14-34-72-65)69(76-56)79-60-27-12-10-25-52(60)66-64(79)29-15-35-73-66/h1-40H. The Bertz CT molecular complexity index is 4820. The van der Waals surface area contributed by atoms with Crippen LogP contribution in [0.1, 0.15) is 11.1 Å². The molecule has 0 radical (unpaired) electrons. The molecule has 0 saturated heterocycles. The second-order valence-corrected chi connectivity index (χ2v) is 19.5. The van der Waals surface area contributed by atoms with Crippen LogP contribution in [-0.4, -0.2) is 38.6 Å². The van der Waals surface area contributed by atoms with Crippen LogP contribution in [0.5, 0.6) is 0 Å². The van der Waals surface area contributed by atoms with Crippen molar-refractivity contribution in [1.82, 2.24) is 38.6 Å². The Morgan fingerprint density at radius 3 is 1.51 bits per heavy atom. The van der Waals surface area contributed by atoms with E-state index in [9.17, 15) is 10.5 Å². The fraction of sp³-hybridized carbons (Fsp3) is 0. The molecule has 0 spiro atoms. The third-order valence-electron chi connectivity index (χ3n) is 15.0. The molecule has 0 aliphatic carbocycles. The lowest BCUT2D eigenvalue weighted by Crippen LogP contribution is -2.10. The Kier molecular flexibility index (Phi) is 10.4. The maximum Gasteiger partial charge on any atom is 0.163 e. The number of benzene rings is 8. The summed E-state index contributed by atoms with van der Waals surface area (Å²) in [6.07, 6.45) is 3.71. The average Bonchev–Trinajstić information content (AvgIpc) is 4.39. The molecule has 15 aromatic rings. The number of pyridine rings is 3. The normalized spacial score (nSPS) is 11.5. The zero-order chi connectivity index (χ0) is 52.6. The van der Waals surface area contributed by atoms with E-state index in [0.29, 0.717) is 22.8 Å². The van der Waals surface area contributed by atoms with Crippen LogP contribution in [0.3, 0.4) is 0 Å². The van der Waals surface area contributed by atoms with Crippen LogP contribution in [0, 0.1) is 22.7 Å². The first kappa shape index (κ1) is 45.1. The summed E-state index contributed by atoms with van der Waals surface area (Å²) in [5.74, 6) is 1.30. The molecule has 0 N–H and O–H groups in total. The topological polar surface area (TPSA) is 127 Å². The summed E-state index contributed by atoms with van der Waals surface area (Å²) in [4.78, 5) is 26.6. The lowest BCUT2D eigenvalue weighted by atomic mass is 9.94. The number of hydrogen-bond donors (Lipinski definition) is 0. The Balaban J connectivity index is 1.08. The lowest BCUT2D eigenvalue weighted by molar-refractivity contribution is 1.03. The van der Waals surface area contributed by atoms with Gasteiger partial charge in [-0.15, -0.1) is 0 Å². The van der Waals surface area contributed by atoms with Gasteiger partial charge in [-0.05, 0) is 103 Å². The fourth-order valence-electron chi connectivity index (χ4n) is 11.5. The minimum atomic E-state index is 0.543. The first-order valence-corrected chi connectivity index (χ1v) is 25.9. The molecule has 0 unspecified atom stereocenters. The number of fused-ring (bicyclic) bond motifs is 9. The van der Waals surface area contributed by atoms with Crippen LogP contribution in [0.2, 0.25) is 0 Å². The quantitative estimate of drug-likeness (QED) is 0.148. The van der Waals surface area contributed by atoms with Crippen molar-refractivity contribution in [2.24, 2.45) is 0 Å². The SMILES string of the molecule is N#Cc1ccc2c(c1)c1cc(C#N)ccc1n2-c1cccc(-c2cc(-c3ccccc3-c3cc(-c4ccccc4)nc(-c4ccccc4)n3)c(-n3c4ccccc4c4ncccc43)c(-n3c4ccccc4c4ncccc43)n2)c1. The van der Waals surface area contributed by atoms with E-state index in [2.05, 4.69) is 171 Å². The van der Waals surface area contributed by atoms with E-state index in [1.807, 2.05) is 97.3 Å². The Labute approximate surface area is 452 Å². The average molecular weight is 1010 g/mol. The molecule has 0 saturated carbocycles. The fourth-order valence-corrected chi connectivity index (χ4v) is 11.5. The van der Waals surface area contributed by atoms with Gasteiger partial charge in [0.1, 0.15) is 0 Å². The highest BCUT2D eigenvalue weighted by molar-refractivity contribution is 6.12.